The molecule has 0 radical (unpaired) electrons. The Labute approximate surface area is 176 Å². The monoisotopic (exact) mass is 418 g/mol. The molecule has 0 saturated carbocycles. The summed E-state index contributed by atoms with van der Waals surface area (Å²) in [6, 6.07) is 14.1. The summed E-state index contributed by atoms with van der Waals surface area (Å²) >= 11 is 0. The molecule has 0 aliphatic heterocycles. The number of nitrogens with one attached hydrogen (secondary N) is 1. The van der Waals surface area contributed by atoms with Crippen LogP contribution in [0.3, 0.4) is 0 Å². The molecule has 0 aliphatic carbocycles. The number of carbonyl (C=O) groups is 1. The van der Waals surface area contributed by atoms with Crippen molar-refractivity contribution in [2.24, 2.45) is 4.99 Å². The van der Waals surface area contributed by atoms with Crippen LogP contribution in [0.4, 0.5) is 8.78 Å². The smallest absolute Gasteiger partial charge is 0.387 e. The molecule has 0 heterocycles. The Hall–Kier alpha value is -3.16. The van der Waals surface area contributed by atoms with Crippen LogP contribution >= 0.6 is 0 Å². The Morgan fingerprint density at radius 3 is 2.40 bits per heavy atom. The fraction of sp³-hybridized carbons (Fsp3) is 0.364. The van der Waals surface area contributed by atoms with Crippen LogP contribution in [0, 0.1) is 0 Å². The fourth-order valence-electron chi connectivity index (χ4n) is 2.95. The number of hydrogen-bond acceptors (Lipinski definition) is 3. The van der Waals surface area contributed by atoms with E-state index in [4.69, 9.17) is 0 Å². The second-order valence-electron chi connectivity index (χ2n) is 7.00. The second-order valence-corrected chi connectivity index (χ2v) is 7.00. The zero-order valence-electron chi connectivity index (χ0n) is 17.7. The van der Waals surface area contributed by atoms with Gasteiger partial charge < -0.3 is 19.9 Å². The Morgan fingerprint density at radius 1 is 1.10 bits per heavy atom. The highest BCUT2D eigenvalue weighted by atomic mass is 19.3. The van der Waals surface area contributed by atoms with Crippen molar-refractivity contribution in [2.45, 2.75) is 19.6 Å². The zero-order valence-corrected chi connectivity index (χ0v) is 17.7. The van der Waals surface area contributed by atoms with E-state index < -0.39 is 6.61 Å². The van der Waals surface area contributed by atoms with Gasteiger partial charge in [0.1, 0.15) is 5.75 Å². The maximum absolute atomic E-state index is 12.2. The van der Waals surface area contributed by atoms with E-state index in [9.17, 15) is 13.6 Å². The molecule has 2 aromatic rings. The van der Waals surface area contributed by atoms with Gasteiger partial charge in [-0.05, 0) is 41.8 Å². The van der Waals surface area contributed by atoms with E-state index in [-0.39, 0.29) is 11.7 Å². The molecule has 0 spiro atoms. The van der Waals surface area contributed by atoms with Gasteiger partial charge in [-0.15, -0.1) is 0 Å². The topological polar surface area (TPSA) is 57.2 Å². The van der Waals surface area contributed by atoms with E-state index in [0.717, 1.165) is 17.5 Å². The maximum atomic E-state index is 12.2. The lowest BCUT2D eigenvalue weighted by molar-refractivity contribution is -0.0498. The third-order valence-corrected chi connectivity index (χ3v) is 4.42. The van der Waals surface area contributed by atoms with Crippen molar-refractivity contribution >= 4 is 11.9 Å². The minimum absolute atomic E-state index is 0.0229. The van der Waals surface area contributed by atoms with E-state index in [0.29, 0.717) is 24.6 Å². The van der Waals surface area contributed by atoms with Gasteiger partial charge in [0.2, 0.25) is 0 Å². The van der Waals surface area contributed by atoms with Gasteiger partial charge in [-0.2, -0.15) is 8.78 Å². The summed E-state index contributed by atoms with van der Waals surface area (Å²) in [7, 11) is 7.07. The molecule has 162 valence electrons. The van der Waals surface area contributed by atoms with Crippen LogP contribution in [0.1, 0.15) is 21.5 Å². The lowest BCUT2D eigenvalue weighted by atomic mass is 10.1. The average Bonchev–Trinajstić information content (AvgIpc) is 2.71. The zero-order chi connectivity index (χ0) is 22.1. The number of alkyl halides is 2. The molecule has 1 N–H and O–H groups in total. The molecular formula is C22H28F2N4O2. The van der Waals surface area contributed by atoms with Crippen molar-refractivity contribution in [3.05, 3.63) is 65.2 Å². The summed E-state index contributed by atoms with van der Waals surface area (Å²) in [5.41, 5.74) is 2.66. The molecule has 30 heavy (non-hydrogen) atoms. The standard InChI is InChI=1S/C22H28F2N4O2/c1-25-22(28(4)15-17-8-10-19(11-9-17)30-21(23)24)26-13-12-16-6-5-7-18(14-16)20(29)27(2)3/h5-11,14,21H,12-13,15H2,1-4H3,(H,25,26). The lowest BCUT2D eigenvalue weighted by Gasteiger charge is -2.22. The third kappa shape index (κ3) is 7.02. The Morgan fingerprint density at radius 2 is 1.80 bits per heavy atom. The maximum Gasteiger partial charge on any atom is 0.387 e. The van der Waals surface area contributed by atoms with E-state index >= 15 is 0 Å². The van der Waals surface area contributed by atoms with Crippen LogP contribution in [0.2, 0.25) is 0 Å². The van der Waals surface area contributed by atoms with Gasteiger partial charge in [0.05, 0.1) is 0 Å². The first-order valence-corrected chi connectivity index (χ1v) is 9.56. The van der Waals surface area contributed by atoms with Crippen LogP contribution in [0.15, 0.2) is 53.5 Å². The van der Waals surface area contributed by atoms with Gasteiger partial charge in [-0.1, -0.05) is 24.3 Å². The number of halogens is 2. The molecule has 0 aromatic heterocycles. The van der Waals surface area contributed by atoms with Crippen LogP contribution in [0.5, 0.6) is 5.75 Å². The number of hydrogen-bond donors (Lipinski definition) is 1. The van der Waals surface area contributed by atoms with Crippen LogP contribution in [0.25, 0.3) is 0 Å². The highest BCUT2D eigenvalue weighted by Gasteiger charge is 2.10. The highest BCUT2D eigenvalue weighted by Crippen LogP contribution is 2.16. The van der Waals surface area contributed by atoms with Crippen molar-refractivity contribution in [1.29, 1.82) is 0 Å². The Bertz CT molecular complexity index is 854. The normalized spacial score (nSPS) is 11.4. The predicted molar refractivity (Wildman–Crippen MR) is 114 cm³/mol. The summed E-state index contributed by atoms with van der Waals surface area (Å²) in [4.78, 5) is 19.9. The van der Waals surface area contributed by atoms with Crippen molar-refractivity contribution < 1.29 is 18.3 Å². The molecule has 0 fully saturated rings. The molecule has 8 heteroatoms. The average molecular weight is 418 g/mol. The van der Waals surface area contributed by atoms with Gasteiger partial charge in [0, 0.05) is 46.8 Å². The number of ether oxygens (including phenoxy) is 1. The molecule has 0 unspecified atom stereocenters. The minimum atomic E-state index is -2.83. The van der Waals surface area contributed by atoms with Gasteiger partial charge >= 0.3 is 6.61 Å². The predicted octanol–water partition coefficient (Wildman–Crippen LogP) is 3.24. The van der Waals surface area contributed by atoms with E-state index in [2.05, 4.69) is 15.0 Å². The lowest BCUT2D eigenvalue weighted by Crippen LogP contribution is -2.39. The van der Waals surface area contributed by atoms with Crippen molar-refractivity contribution in [3.63, 3.8) is 0 Å². The molecule has 6 nitrogen and oxygen atoms in total. The second kappa shape index (κ2) is 11.1. The molecule has 2 rings (SSSR count). The van der Waals surface area contributed by atoms with Crippen molar-refractivity contribution in [2.75, 3.05) is 34.7 Å². The number of benzene rings is 2. The molecule has 0 atom stereocenters. The number of guanidine groups is 1. The molecule has 0 saturated heterocycles. The fourth-order valence-corrected chi connectivity index (χ4v) is 2.95. The number of rotatable bonds is 8. The first-order valence-electron chi connectivity index (χ1n) is 9.56. The summed E-state index contributed by atoms with van der Waals surface area (Å²) in [6.07, 6.45) is 0.737. The molecule has 0 bridgehead atoms. The van der Waals surface area contributed by atoms with Crippen LogP contribution in [-0.4, -0.2) is 63.0 Å². The third-order valence-electron chi connectivity index (χ3n) is 4.42. The Kier molecular flexibility index (Phi) is 8.58. The van der Waals surface area contributed by atoms with E-state index in [1.165, 1.54) is 12.1 Å². The molecule has 0 aliphatic rings. The first kappa shape index (κ1) is 23.1. The number of carbonyl (C=O) groups excluding carboxylic acids is 1. The van der Waals surface area contributed by atoms with Crippen molar-refractivity contribution in [1.82, 2.24) is 15.1 Å². The molecule has 1 amide bonds. The summed E-state index contributed by atoms with van der Waals surface area (Å²) in [5.74, 6) is 0.822. The minimum Gasteiger partial charge on any atom is -0.435 e. The highest BCUT2D eigenvalue weighted by molar-refractivity contribution is 5.94. The number of aliphatic imine (C=N–C) groups is 1. The van der Waals surface area contributed by atoms with Gasteiger partial charge in [0.25, 0.3) is 5.91 Å². The van der Waals surface area contributed by atoms with Gasteiger partial charge in [0.15, 0.2) is 5.96 Å². The van der Waals surface area contributed by atoms with E-state index in [1.807, 2.05) is 36.2 Å². The number of amides is 1. The van der Waals surface area contributed by atoms with Crippen LogP contribution in [-0.2, 0) is 13.0 Å². The molecular weight excluding hydrogens is 390 g/mol. The van der Waals surface area contributed by atoms with Gasteiger partial charge in [-0.3, -0.25) is 9.79 Å². The van der Waals surface area contributed by atoms with E-state index in [1.54, 1.807) is 38.2 Å². The Balaban J connectivity index is 1.88. The SMILES string of the molecule is CN=C(NCCc1cccc(C(=O)N(C)C)c1)N(C)Cc1ccc(OC(F)F)cc1. The quantitative estimate of drug-likeness (QED) is 0.528. The van der Waals surface area contributed by atoms with Crippen LogP contribution < -0.4 is 10.1 Å². The summed E-state index contributed by atoms with van der Waals surface area (Å²) < 4.78 is 28.9. The largest absolute Gasteiger partial charge is 0.435 e. The van der Waals surface area contributed by atoms with Crippen molar-refractivity contribution in [3.8, 4) is 5.75 Å². The van der Waals surface area contributed by atoms with Gasteiger partial charge in [-0.25, -0.2) is 0 Å². The number of nitrogens with zero attached hydrogens (tertiary/aromatic N) is 3. The summed E-state index contributed by atoms with van der Waals surface area (Å²) in [5, 5.41) is 3.30. The summed E-state index contributed by atoms with van der Waals surface area (Å²) in [6.45, 7) is -1.62. The first-order chi connectivity index (χ1) is 14.3. The molecule has 2 aromatic carbocycles.